The summed E-state index contributed by atoms with van der Waals surface area (Å²) in [5.74, 6) is 2.01. The fourth-order valence-electron chi connectivity index (χ4n) is 3.24. The molecule has 0 bridgehead atoms. The van der Waals surface area contributed by atoms with Crippen LogP contribution in [0.15, 0.2) is 28.7 Å². The summed E-state index contributed by atoms with van der Waals surface area (Å²) in [5.41, 5.74) is 0.971. The minimum atomic E-state index is -0.127. The van der Waals surface area contributed by atoms with Crippen LogP contribution in [-0.4, -0.2) is 53.7 Å². The van der Waals surface area contributed by atoms with Crippen LogP contribution in [0.25, 0.3) is 0 Å². The summed E-state index contributed by atoms with van der Waals surface area (Å²) in [6, 6.07) is 7.48. The first-order valence-corrected chi connectivity index (χ1v) is 8.96. The molecule has 0 aliphatic carbocycles. The molecule has 26 heavy (non-hydrogen) atoms. The van der Waals surface area contributed by atoms with Gasteiger partial charge in [0.2, 0.25) is 17.7 Å². The van der Waals surface area contributed by atoms with Gasteiger partial charge in [0, 0.05) is 6.54 Å². The third-order valence-corrected chi connectivity index (χ3v) is 4.56. The van der Waals surface area contributed by atoms with E-state index in [9.17, 15) is 4.79 Å². The van der Waals surface area contributed by atoms with E-state index in [1.807, 2.05) is 48.2 Å². The molecule has 1 amide bonds. The van der Waals surface area contributed by atoms with Gasteiger partial charge in [-0.15, -0.1) is 10.2 Å². The van der Waals surface area contributed by atoms with Crippen molar-refractivity contribution in [3.63, 3.8) is 0 Å². The lowest BCUT2D eigenvalue weighted by molar-refractivity contribution is -0.134. The van der Waals surface area contributed by atoms with Crippen LogP contribution in [0.5, 0.6) is 5.75 Å². The number of ether oxygens (including phenoxy) is 1. The van der Waals surface area contributed by atoms with E-state index >= 15 is 0 Å². The first kappa shape index (κ1) is 18.4. The van der Waals surface area contributed by atoms with Gasteiger partial charge in [-0.25, -0.2) is 0 Å². The molecule has 1 aliphatic heterocycles. The maximum atomic E-state index is 12.9. The molecule has 0 radical (unpaired) electrons. The second-order valence-corrected chi connectivity index (χ2v) is 6.90. The summed E-state index contributed by atoms with van der Waals surface area (Å²) in [6.45, 7) is 1.32. The summed E-state index contributed by atoms with van der Waals surface area (Å²) in [6.07, 6.45) is 3.28. The largest absolute Gasteiger partial charge is 0.497 e. The van der Waals surface area contributed by atoms with E-state index in [2.05, 4.69) is 10.2 Å². The highest BCUT2D eigenvalue weighted by molar-refractivity contribution is 5.79. The quantitative estimate of drug-likeness (QED) is 0.790. The van der Waals surface area contributed by atoms with E-state index in [0.29, 0.717) is 24.7 Å². The highest BCUT2D eigenvalue weighted by atomic mass is 16.5. The van der Waals surface area contributed by atoms with Crippen molar-refractivity contribution in [3.8, 4) is 5.75 Å². The molecule has 0 saturated carbocycles. The Morgan fingerprint density at radius 1 is 1.27 bits per heavy atom. The number of hydrogen-bond donors (Lipinski definition) is 0. The maximum absolute atomic E-state index is 12.9. The monoisotopic (exact) mass is 358 g/mol. The number of benzene rings is 1. The average molecular weight is 358 g/mol. The van der Waals surface area contributed by atoms with E-state index in [4.69, 9.17) is 9.15 Å². The summed E-state index contributed by atoms with van der Waals surface area (Å²) < 4.78 is 11.0. The highest BCUT2D eigenvalue weighted by Crippen LogP contribution is 2.31. The zero-order valence-electron chi connectivity index (χ0n) is 15.6. The number of nitrogens with zero attached hydrogens (tertiary/aromatic N) is 4. The Hall–Kier alpha value is -2.41. The van der Waals surface area contributed by atoms with Crippen molar-refractivity contribution in [1.82, 2.24) is 20.0 Å². The van der Waals surface area contributed by atoms with E-state index in [-0.39, 0.29) is 11.9 Å². The molecule has 0 N–H and O–H groups in total. The fraction of sp³-hybridized carbons (Fsp3) is 0.526. The topological polar surface area (TPSA) is 71.7 Å². The van der Waals surface area contributed by atoms with Crippen LogP contribution in [0.2, 0.25) is 0 Å². The Morgan fingerprint density at radius 2 is 2.04 bits per heavy atom. The normalized spacial score (nSPS) is 17.5. The maximum Gasteiger partial charge on any atom is 0.239 e. The standard InChI is InChI=1S/C19H26N4O3/c1-22(2)13-17-20-21-19(26-17)16-6-4-5-11-23(16)18(24)12-14-7-9-15(25-3)10-8-14/h7-10,16H,4-6,11-13H2,1-3H3/t16-/m1/s1. The van der Waals surface area contributed by atoms with Crippen molar-refractivity contribution >= 4 is 5.91 Å². The molecule has 1 aromatic heterocycles. The first-order valence-electron chi connectivity index (χ1n) is 8.96. The number of piperidine rings is 1. The molecule has 0 spiro atoms. The molecule has 1 saturated heterocycles. The average Bonchev–Trinajstić information content (AvgIpc) is 3.10. The minimum absolute atomic E-state index is 0.0900. The van der Waals surface area contributed by atoms with Gasteiger partial charge in [-0.05, 0) is 51.1 Å². The number of likely N-dealkylation sites (tertiary alicyclic amines) is 1. The van der Waals surface area contributed by atoms with E-state index in [1.165, 1.54) is 0 Å². The molecule has 140 valence electrons. The molecule has 2 aromatic rings. The van der Waals surface area contributed by atoms with Gasteiger partial charge < -0.3 is 19.0 Å². The Morgan fingerprint density at radius 3 is 2.73 bits per heavy atom. The Bertz CT molecular complexity index is 727. The summed E-state index contributed by atoms with van der Waals surface area (Å²) in [5, 5.41) is 8.32. The smallest absolute Gasteiger partial charge is 0.239 e. The lowest BCUT2D eigenvalue weighted by Gasteiger charge is -2.33. The van der Waals surface area contributed by atoms with Gasteiger partial charge in [0.25, 0.3) is 0 Å². The summed E-state index contributed by atoms with van der Waals surface area (Å²) in [4.78, 5) is 16.8. The third-order valence-electron chi connectivity index (χ3n) is 4.56. The second kappa shape index (κ2) is 8.31. The first-order chi connectivity index (χ1) is 12.6. The second-order valence-electron chi connectivity index (χ2n) is 6.90. The Kier molecular flexibility index (Phi) is 5.88. The minimum Gasteiger partial charge on any atom is -0.497 e. The van der Waals surface area contributed by atoms with Crippen LogP contribution < -0.4 is 4.74 Å². The number of amides is 1. The van der Waals surface area contributed by atoms with Crippen molar-refractivity contribution in [2.24, 2.45) is 0 Å². The summed E-state index contributed by atoms with van der Waals surface area (Å²) >= 11 is 0. The van der Waals surface area contributed by atoms with Crippen LogP contribution in [0.3, 0.4) is 0 Å². The molecule has 1 aromatic carbocycles. The van der Waals surface area contributed by atoms with Crippen LogP contribution in [0, 0.1) is 0 Å². The Balaban J connectivity index is 1.71. The van der Waals surface area contributed by atoms with Crippen LogP contribution >= 0.6 is 0 Å². The molecule has 7 heteroatoms. The number of hydrogen-bond acceptors (Lipinski definition) is 6. The SMILES string of the molecule is COc1ccc(CC(=O)N2CCCC[C@@H]2c2nnc(CN(C)C)o2)cc1. The van der Waals surface area contributed by atoms with Crippen LogP contribution in [-0.2, 0) is 17.8 Å². The van der Waals surface area contributed by atoms with Crippen molar-refractivity contribution in [1.29, 1.82) is 0 Å². The molecule has 2 heterocycles. The molecular weight excluding hydrogens is 332 g/mol. The molecular formula is C19H26N4O3. The number of carbonyl (C=O) groups is 1. The lowest BCUT2D eigenvalue weighted by atomic mass is 10.0. The molecule has 1 atom stereocenters. The Labute approximate surface area is 153 Å². The van der Waals surface area contributed by atoms with Crippen LogP contribution in [0.1, 0.15) is 42.6 Å². The lowest BCUT2D eigenvalue weighted by Crippen LogP contribution is -2.39. The number of carbonyl (C=O) groups excluding carboxylic acids is 1. The molecule has 3 rings (SSSR count). The van der Waals surface area contributed by atoms with Crippen molar-refractivity contribution < 1.29 is 13.9 Å². The van der Waals surface area contributed by atoms with Gasteiger partial charge in [-0.2, -0.15) is 0 Å². The van der Waals surface area contributed by atoms with Gasteiger partial charge in [0.15, 0.2) is 0 Å². The van der Waals surface area contributed by atoms with Gasteiger partial charge in [-0.3, -0.25) is 4.79 Å². The van der Waals surface area contributed by atoms with Crippen molar-refractivity contribution in [3.05, 3.63) is 41.6 Å². The predicted molar refractivity (Wildman–Crippen MR) is 96.7 cm³/mol. The molecule has 1 aliphatic rings. The number of rotatable bonds is 6. The molecule has 7 nitrogen and oxygen atoms in total. The van der Waals surface area contributed by atoms with E-state index < -0.39 is 0 Å². The van der Waals surface area contributed by atoms with Crippen molar-refractivity contribution in [2.45, 2.75) is 38.3 Å². The van der Waals surface area contributed by atoms with E-state index in [0.717, 1.165) is 37.1 Å². The summed E-state index contributed by atoms with van der Waals surface area (Å²) in [7, 11) is 5.54. The van der Waals surface area contributed by atoms with E-state index in [1.54, 1.807) is 7.11 Å². The van der Waals surface area contributed by atoms with Gasteiger partial charge in [0.1, 0.15) is 11.8 Å². The number of aromatic nitrogens is 2. The predicted octanol–water partition coefficient (Wildman–Crippen LogP) is 2.44. The zero-order valence-corrected chi connectivity index (χ0v) is 15.6. The third kappa shape index (κ3) is 4.40. The molecule has 0 unspecified atom stereocenters. The van der Waals surface area contributed by atoms with Gasteiger partial charge in [-0.1, -0.05) is 12.1 Å². The van der Waals surface area contributed by atoms with Crippen LogP contribution in [0.4, 0.5) is 0 Å². The van der Waals surface area contributed by atoms with Crippen molar-refractivity contribution in [2.75, 3.05) is 27.7 Å². The van der Waals surface area contributed by atoms with Gasteiger partial charge >= 0.3 is 0 Å². The van der Waals surface area contributed by atoms with Gasteiger partial charge in [0.05, 0.1) is 20.1 Å². The number of methoxy groups -OCH3 is 1. The molecule has 1 fully saturated rings. The zero-order chi connectivity index (χ0) is 18.5. The highest BCUT2D eigenvalue weighted by Gasteiger charge is 2.31. The fourth-order valence-corrected chi connectivity index (χ4v) is 3.24.